The van der Waals surface area contributed by atoms with Crippen LogP contribution in [0.1, 0.15) is 13.8 Å². The third-order valence-electron chi connectivity index (χ3n) is 1.64. The van der Waals surface area contributed by atoms with Crippen LogP contribution in [0.5, 0.6) is 0 Å². The van der Waals surface area contributed by atoms with Crippen LogP contribution in [-0.4, -0.2) is 34.4 Å². The van der Waals surface area contributed by atoms with E-state index in [1.54, 1.807) is 6.92 Å². The van der Waals surface area contributed by atoms with Crippen molar-refractivity contribution < 1.29 is 18.3 Å². The summed E-state index contributed by atoms with van der Waals surface area (Å²) in [4.78, 5) is 0. The van der Waals surface area contributed by atoms with E-state index in [2.05, 4.69) is 0 Å². The Hall–Kier alpha value is 0.0600. The fourth-order valence-corrected chi connectivity index (χ4v) is 1.65. The second-order valence-electron chi connectivity index (χ2n) is 2.85. The third kappa shape index (κ3) is 4.73. The molecule has 0 radical (unpaired) electrons. The summed E-state index contributed by atoms with van der Waals surface area (Å²) in [5.74, 6) is 0. The van der Waals surface area contributed by atoms with Crippen LogP contribution in [0.25, 0.3) is 0 Å². The number of alkyl halides is 3. The number of rotatable bonds is 4. The molecule has 0 aliphatic heterocycles. The SMILES string of the molecule is CC(O)C(C)SC(CN)C(F)(F)F. The van der Waals surface area contributed by atoms with Crippen molar-refractivity contribution in [1.29, 1.82) is 0 Å². The maximum Gasteiger partial charge on any atom is 0.401 e. The number of hydrogen-bond acceptors (Lipinski definition) is 3. The van der Waals surface area contributed by atoms with Crippen molar-refractivity contribution in [3.8, 4) is 0 Å². The molecular weight excluding hydrogens is 203 g/mol. The molecule has 0 bridgehead atoms. The van der Waals surface area contributed by atoms with Crippen LogP contribution in [0.3, 0.4) is 0 Å². The van der Waals surface area contributed by atoms with E-state index in [1.165, 1.54) is 6.92 Å². The molecule has 13 heavy (non-hydrogen) atoms. The van der Waals surface area contributed by atoms with E-state index in [9.17, 15) is 13.2 Å². The number of aliphatic hydroxyl groups is 1. The summed E-state index contributed by atoms with van der Waals surface area (Å²) >= 11 is 0.660. The fraction of sp³-hybridized carbons (Fsp3) is 1.00. The molecule has 2 nitrogen and oxygen atoms in total. The lowest BCUT2D eigenvalue weighted by Gasteiger charge is -2.23. The highest BCUT2D eigenvalue weighted by Crippen LogP contribution is 2.32. The molecule has 0 spiro atoms. The summed E-state index contributed by atoms with van der Waals surface area (Å²) in [6.07, 6.45) is -5.05. The molecule has 3 atom stereocenters. The van der Waals surface area contributed by atoms with Crippen molar-refractivity contribution in [2.75, 3.05) is 6.54 Å². The van der Waals surface area contributed by atoms with Crippen LogP contribution in [-0.2, 0) is 0 Å². The van der Waals surface area contributed by atoms with Gasteiger partial charge in [-0.25, -0.2) is 0 Å². The quantitative estimate of drug-likeness (QED) is 0.747. The molecule has 6 heteroatoms. The summed E-state index contributed by atoms with van der Waals surface area (Å²) in [5, 5.41) is 6.95. The highest BCUT2D eigenvalue weighted by atomic mass is 32.2. The van der Waals surface area contributed by atoms with Gasteiger partial charge < -0.3 is 10.8 Å². The molecule has 0 saturated carbocycles. The molecule has 0 amide bonds. The second-order valence-corrected chi connectivity index (χ2v) is 4.43. The highest BCUT2D eigenvalue weighted by Gasteiger charge is 2.40. The smallest absolute Gasteiger partial charge is 0.392 e. The van der Waals surface area contributed by atoms with Crippen LogP contribution in [0.15, 0.2) is 0 Å². The van der Waals surface area contributed by atoms with E-state index in [-0.39, 0.29) is 0 Å². The van der Waals surface area contributed by atoms with Gasteiger partial charge in [-0.3, -0.25) is 0 Å². The van der Waals surface area contributed by atoms with Crippen LogP contribution in [0.4, 0.5) is 13.2 Å². The molecule has 0 aliphatic rings. The summed E-state index contributed by atoms with van der Waals surface area (Å²) in [6.45, 7) is 2.55. The zero-order valence-corrected chi connectivity index (χ0v) is 8.32. The number of halogens is 3. The van der Waals surface area contributed by atoms with Gasteiger partial charge >= 0.3 is 6.18 Å². The topological polar surface area (TPSA) is 46.2 Å². The number of aliphatic hydroxyl groups excluding tert-OH is 1. The monoisotopic (exact) mass is 217 g/mol. The van der Waals surface area contributed by atoms with E-state index in [0.717, 1.165) is 0 Å². The van der Waals surface area contributed by atoms with E-state index in [1.807, 2.05) is 0 Å². The van der Waals surface area contributed by atoms with E-state index < -0.39 is 29.3 Å². The molecular formula is C7H14F3NOS. The average Bonchev–Trinajstić information content (AvgIpc) is 1.96. The van der Waals surface area contributed by atoms with Crippen LogP contribution in [0, 0.1) is 0 Å². The van der Waals surface area contributed by atoms with Crippen LogP contribution < -0.4 is 5.73 Å². The Balaban J connectivity index is 4.14. The first-order valence-corrected chi connectivity index (χ1v) is 4.83. The van der Waals surface area contributed by atoms with Crippen molar-refractivity contribution in [2.24, 2.45) is 5.73 Å². The molecule has 3 N–H and O–H groups in total. The Morgan fingerprint density at radius 3 is 2.08 bits per heavy atom. The average molecular weight is 217 g/mol. The van der Waals surface area contributed by atoms with E-state index in [0.29, 0.717) is 11.8 Å². The molecule has 0 saturated heterocycles. The maximum atomic E-state index is 12.2. The van der Waals surface area contributed by atoms with Gasteiger partial charge in [-0.15, -0.1) is 11.8 Å². The van der Waals surface area contributed by atoms with Gasteiger partial charge in [-0.2, -0.15) is 13.2 Å². The first kappa shape index (κ1) is 13.1. The summed E-state index contributed by atoms with van der Waals surface area (Å²) in [7, 11) is 0. The van der Waals surface area contributed by atoms with Gasteiger partial charge in [0.05, 0.1) is 6.10 Å². The van der Waals surface area contributed by atoms with E-state index in [4.69, 9.17) is 10.8 Å². The zero-order valence-electron chi connectivity index (χ0n) is 7.51. The Labute approximate surface area is 79.7 Å². The van der Waals surface area contributed by atoms with Crippen molar-refractivity contribution in [2.45, 2.75) is 36.6 Å². The molecule has 0 heterocycles. The minimum Gasteiger partial charge on any atom is -0.392 e. The normalized spacial score (nSPS) is 19.6. The molecule has 0 fully saturated rings. The summed E-state index contributed by atoms with van der Waals surface area (Å²) in [6, 6.07) is 0. The lowest BCUT2D eigenvalue weighted by atomic mass is 10.3. The Kier molecular flexibility index (Phi) is 5.09. The molecule has 0 aliphatic carbocycles. The van der Waals surface area contributed by atoms with E-state index >= 15 is 0 Å². The van der Waals surface area contributed by atoms with Crippen molar-refractivity contribution >= 4 is 11.8 Å². The van der Waals surface area contributed by atoms with Gasteiger partial charge in [0.15, 0.2) is 0 Å². The standard InChI is InChI=1S/C7H14F3NOS/c1-4(12)5(2)13-6(3-11)7(8,9)10/h4-6,12H,3,11H2,1-2H3. The molecule has 0 aromatic heterocycles. The van der Waals surface area contributed by atoms with Gasteiger partial charge in [0.25, 0.3) is 0 Å². The predicted molar refractivity (Wildman–Crippen MR) is 47.6 cm³/mol. The van der Waals surface area contributed by atoms with Crippen LogP contribution >= 0.6 is 11.8 Å². The number of hydrogen-bond donors (Lipinski definition) is 2. The molecule has 80 valence electrons. The van der Waals surface area contributed by atoms with Gasteiger partial charge in [0.1, 0.15) is 5.25 Å². The molecule has 3 unspecified atom stereocenters. The minimum atomic E-state index is -4.29. The first-order valence-electron chi connectivity index (χ1n) is 3.89. The second kappa shape index (κ2) is 5.07. The van der Waals surface area contributed by atoms with Crippen molar-refractivity contribution in [3.05, 3.63) is 0 Å². The van der Waals surface area contributed by atoms with Crippen LogP contribution in [0.2, 0.25) is 0 Å². The largest absolute Gasteiger partial charge is 0.401 e. The molecule has 0 aromatic carbocycles. The summed E-state index contributed by atoms with van der Waals surface area (Å²) in [5.41, 5.74) is 4.98. The van der Waals surface area contributed by atoms with Gasteiger partial charge in [0.2, 0.25) is 0 Å². The number of thioether (sulfide) groups is 1. The third-order valence-corrected chi connectivity index (χ3v) is 3.25. The first-order chi connectivity index (χ1) is 5.79. The number of nitrogens with two attached hydrogens (primary N) is 1. The minimum absolute atomic E-state index is 0.453. The summed E-state index contributed by atoms with van der Waals surface area (Å²) < 4.78 is 36.5. The fourth-order valence-electron chi connectivity index (χ4n) is 0.639. The molecule has 0 rings (SSSR count). The zero-order chi connectivity index (χ0) is 10.6. The Bertz CT molecular complexity index is 151. The van der Waals surface area contributed by atoms with Crippen molar-refractivity contribution in [1.82, 2.24) is 0 Å². The lowest BCUT2D eigenvalue weighted by Crippen LogP contribution is -2.36. The Morgan fingerprint density at radius 2 is 1.85 bits per heavy atom. The maximum absolute atomic E-state index is 12.2. The van der Waals surface area contributed by atoms with Gasteiger partial charge in [0, 0.05) is 11.8 Å². The van der Waals surface area contributed by atoms with Crippen molar-refractivity contribution in [3.63, 3.8) is 0 Å². The predicted octanol–water partition coefficient (Wildman–Crippen LogP) is 1.38. The van der Waals surface area contributed by atoms with Gasteiger partial charge in [-0.05, 0) is 6.92 Å². The lowest BCUT2D eigenvalue weighted by molar-refractivity contribution is -0.126. The Morgan fingerprint density at radius 1 is 1.38 bits per heavy atom. The highest BCUT2D eigenvalue weighted by molar-refractivity contribution is 8.00. The molecule has 0 aromatic rings. The van der Waals surface area contributed by atoms with Gasteiger partial charge in [-0.1, -0.05) is 6.92 Å².